The number of aliphatic hydroxyl groups excluding tert-OH is 1. The molecule has 1 fully saturated rings. The van der Waals surface area contributed by atoms with Gasteiger partial charge in [-0.3, -0.25) is 4.90 Å². The van der Waals surface area contributed by atoms with Crippen LogP contribution in [0.25, 0.3) is 0 Å². The van der Waals surface area contributed by atoms with Gasteiger partial charge in [0.2, 0.25) is 0 Å². The smallest absolute Gasteiger partial charge is 0.161 e. The quantitative estimate of drug-likeness (QED) is 0.528. The van der Waals surface area contributed by atoms with Crippen LogP contribution >= 0.6 is 0 Å². The van der Waals surface area contributed by atoms with Crippen LogP contribution in [-0.2, 0) is 19.4 Å². The van der Waals surface area contributed by atoms with Crippen LogP contribution in [0.4, 0.5) is 0 Å². The van der Waals surface area contributed by atoms with Gasteiger partial charge in [0, 0.05) is 43.8 Å². The summed E-state index contributed by atoms with van der Waals surface area (Å²) in [6, 6.07) is 25.5. The van der Waals surface area contributed by atoms with Crippen LogP contribution in [0.15, 0.2) is 72.8 Å². The second kappa shape index (κ2) is 9.44. The van der Waals surface area contributed by atoms with Crippen LogP contribution in [0.3, 0.4) is 0 Å². The predicted octanol–water partition coefficient (Wildman–Crippen LogP) is 5.23. The van der Waals surface area contributed by atoms with E-state index < -0.39 is 6.10 Å². The Morgan fingerprint density at radius 1 is 0.971 bits per heavy atom. The van der Waals surface area contributed by atoms with Crippen LogP contribution in [0.5, 0.6) is 11.5 Å². The van der Waals surface area contributed by atoms with Gasteiger partial charge in [0.15, 0.2) is 11.5 Å². The number of methoxy groups -OCH3 is 1. The molecular weight excluding hydrogens is 422 g/mol. The largest absolute Gasteiger partial charge is 0.493 e. The van der Waals surface area contributed by atoms with Crippen LogP contribution in [-0.4, -0.2) is 42.4 Å². The fraction of sp³-hybridized carbons (Fsp3) is 0.400. The van der Waals surface area contributed by atoms with Crippen LogP contribution in [0.1, 0.15) is 42.0 Å². The summed E-state index contributed by atoms with van der Waals surface area (Å²) in [5.41, 5.74) is 5.00. The summed E-state index contributed by atoms with van der Waals surface area (Å²) in [6.07, 6.45) is 1.53. The first-order valence-corrected chi connectivity index (χ1v) is 12.3. The molecule has 5 rings (SSSR count). The van der Waals surface area contributed by atoms with Gasteiger partial charge in [0.25, 0.3) is 0 Å². The third-order valence-electron chi connectivity index (χ3n) is 7.90. The van der Waals surface area contributed by atoms with Crippen molar-refractivity contribution in [2.75, 3.05) is 20.2 Å². The molecule has 0 aromatic heterocycles. The second-order valence-corrected chi connectivity index (χ2v) is 10.2. The van der Waals surface area contributed by atoms with Crippen molar-refractivity contribution < 1.29 is 14.6 Å². The molecule has 1 aliphatic heterocycles. The van der Waals surface area contributed by atoms with E-state index in [-0.39, 0.29) is 17.4 Å². The number of hydrogen-bond donors (Lipinski definition) is 1. The lowest BCUT2D eigenvalue weighted by atomic mass is 9.72. The molecule has 4 heteroatoms. The Morgan fingerprint density at radius 2 is 1.65 bits per heavy atom. The number of likely N-dealkylation sites (tertiary alicyclic amines) is 1. The maximum absolute atomic E-state index is 10.8. The Labute approximate surface area is 203 Å². The third-order valence-corrected chi connectivity index (χ3v) is 7.90. The van der Waals surface area contributed by atoms with E-state index in [1.807, 2.05) is 13.0 Å². The Hall–Kier alpha value is -2.82. The third kappa shape index (κ3) is 4.45. The number of fused-ring (bicyclic) bond motifs is 1. The van der Waals surface area contributed by atoms with Crippen LogP contribution < -0.4 is 9.47 Å². The summed E-state index contributed by atoms with van der Waals surface area (Å²) in [4.78, 5) is 2.46. The highest BCUT2D eigenvalue weighted by molar-refractivity contribution is 5.46. The standard InChI is InChI=1S/C30H35NO3/c1-21(32)30(2)20-31(18-22-9-5-4-6-10-22)19-27(30)25-13-14-28(33-3)29(17-25)34-26-15-23-11-7-8-12-24(23)16-26/h4-14,17,21,26-27,32H,15-16,18-20H2,1-3H3. The Bertz CT molecular complexity index is 1100. The van der Waals surface area contributed by atoms with Gasteiger partial charge in [0.05, 0.1) is 13.2 Å². The topological polar surface area (TPSA) is 41.9 Å². The maximum atomic E-state index is 10.8. The van der Waals surface area contributed by atoms with Gasteiger partial charge < -0.3 is 14.6 Å². The number of benzene rings is 3. The van der Waals surface area contributed by atoms with Gasteiger partial charge in [-0.05, 0) is 41.3 Å². The first-order valence-electron chi connectivity index (χ1n) is 12.3. The minimum Gasteiger partial charge on any atom is -0.493 e. The van der Waals surface area contributed by atoms with Crippen molar-refractivity contribution in [1.82, 2.24) is 4.90 Å². The van der Waals surface area contributed by atoms with Crippen LogP contribution in [0, 0.1) is 5.41 Å². The molecule has 1 saturated heterocycles. The lowest BCUT2D eigenvalue weighted by Crippen LogP contribution is -2.37. The van der Waals surface area contributed by atoms with Crippen molar-refractivity contribution in [2.45, 2.75) is 51.4 Å². The number of hydrogen-bond acceptors (Lipinski definition) is 4. The molecule has 3 unspecified atom stereocenters. The summed E-state index contributed by atoms with van der Waals surface area (Å²) in [7, 11) is 1.70. The van der Waals surface area contributed by atoms with E-state index in [0.717, 1.165) is 44.0 Å². The molecule has 3 aromatic rings. The molecule has 34 heavy (non-hydrogen) atoms. The number of nitrogens with zero attached hydrogens (tertiary/aromatic N) is 1. The van der Waals surface area contributed by atoms with Crippen molar-refractivity contribution in [1.29, 1.82) is 0 Å². The van der Waals surface area contributed by atoms with Crippen LogP contribution in [0.2, 0.25) is 0 Å². The monoisotopic (exact) mass is 457 g/mol. The van der Waals surface area contributed by atoms with E-state index in [4.69, 9.17) is 9.47 Å². The molecule has 3 atom stereocenters. The number of ether oxygens (including phenoxy) is 2. The average Bonchev–Trinajstić information content (AvgIpc) is 3.40. The highest BCUT2D eigenvalue weighted by Crippen LogP contribution is 2.47. The van der Waals surface area contributed by atoms with Crippen molar-refractivity contribution in [3.05, 3.63) is 95.1 Å². The first kappa shape index (κ1) is 22.9. The predicted molar refractivity (Wildman–Crippen MR) is 136 cm³/mol. The fourth-order valence-electron chi connectivity index (χ4n) is 5.78. The minimum atomic E-state index is -0.422. The van der Waals surface area contributed by atoms with Gasteiger partial charge in [-0.25, -0.2) is 0 Å². The highest BCUT2D eigenvalue weighted by Gasteiger charge is 2.47. The van der Waals surface area contributed by atoms with Crippen molar-refractivity contribution >= 4 is 0 Å². The van der Waals surface area contributed by atoms with E-state index in [1.165, 1.54) is 22.3 Å². The molecule has 1 aliphatic carbocycles. The van der Waals surface area contributed by atoms with Gasteiger partial charge in [-0.2, -0.15) is 0 Å². The van der Waals surface area contributed by atoms with E-state index in [0.29, 0.717) is 0 Å². The molecule has 0 amide bonds. The Balaban J connectivity index is 1.39. The maximum Gasteiger partial charge on any atom is 0.161 e. The molecule has 0 bridgehead atoms. The normalized spacial score (nSPS) is 23.6. The molecule has 1 N–H and O–H groups in total. The summed E-state index contributed by atoms with van der Waals surface area (Å²) >= 11 is 0. The van der Waals surface area contributed by atoms with Gasteiger partial charge in [-0.1, -0.05) is 67.6 Å². The second-order valence-electron chi connectivity index (χ2n) is 10.2. The van der Waals surface area contributed by atoms with Gasteiger partial charge in [-0.15, -0.1) is 0 Å². The molecule has 0 saturated carbocycles. The SMILES string of the molecule is COc1ccc(C2CN(Cc3ccccc3)CC2(C)C(C)O)cc1OC1Cc2ccccc2C1. The lowest BCUT2D eigenvalue weighted by molar-refractivity contribution is 0.0474. The molecule has 0 radical (unpaired) electrons. The van der Waals surface area contributed by atoms with Crippen molar-refractivity contribution in [3.8, 4) is 11.5 Å². The zero-order chi connectivity index (χ0) is 23.7. The van der Waals surface area contributed by atoms with Crippen molar-refractivity contribution in [2.24, 2.45) is 5.41 Å². The number of rotatable bonds is 7. The Kier molecular flexibility index (Phi) is 6.37. The fourth-order valence-corrected chi connectivity index (χ4v) is 5.78. The summed E-state index contributed by atoms with van der Waals surface area (Å²) in [6.45, 7) is 6.78. The summed E-state index contributed by atoms with van der Waals surface area (Å²) < 4.78 is 12.2. The zero-order valence-corrected chi connectivity index (χ0v) is 20.4. The van der Waals surface area contributed by atoms with E-state index in [2.05, 4.69) is 78.6 Å². The zero-order valence-electron chi connectivity index (χ0n) is 20.4. The Morgan fingerprint density at radius 3 is 2.29 bits per heavy atom. The van der Waals surface area contributed by atoms with Crippen molar-refractivity contribution in [3.63, 3.8) is 0 Å². The first-order chi connectivity index (χ1) is 16.5. The van der Waals surface area contributed by atoms with E-state index in [1.54, 1.807) is 7.11 Å². The molecule has 178 valence electrons. The molecule has 3 aromatic carbocycles. The van der Waals surface area contributed by atoms with E-state index >= 15 is 0 Å². The molecule has 4 nitrogen and oxygen atoms in total. The molecular formula is C30H35NO3. The lowest BCUT2D eigenvalue weighted by Gasteiger charge is -2.34. The molecule has 1 heterocycles. The van der Waals surface area contributed by atoms with Gasteiger partial charge in [0.1, 0.15) is 6.10 Å². The highest BCUT2D eigenvalue weighted by atomic mass is 16.5. The average molecular weight is 458 g/mol. The number of aliphatic hydroxyl groups is 1. The molecule has 2 aliphatic rings. The minimum absolute atomic E-state index is 0.114. The molecule has 0 spiro atoms. The summed E-state index contributed by atoms with van der Waals surface area (Å²) in [5.74, 6) is 1.76. The summed E-state index contributed by atoms with van der Waals surface area (Å²) in [5, 5.41) is 10.8. The van der Waals surface area contributed by atoms with Gasteiger partial charge >= 0.3 is 0 Å². The van der Waals surface area contributed by atoms with E-state index in [9.17, 15) is 5.11 Å².